The fourth-order valence-corrected chi connectivity index (χ4v) is 6.87. The highest BCUT2D eigenvalue weighted by molar-refractivity contribution is 5.91. The summed E-state index contributed by atoms with van der Waals surface area (Å²) < 4.78 is 0. The fraction of sp³-hybridized carbons (Fsp3) is 0.762. The van der Waals surface area contributed by atoms with Crippen LogP contribution in [0.25, 0.3) is 0 Å². The van der Waals surface area contributed by atoms with Gasteiger partial charge in [0.2, 0.25) is 0 Å². The summed E-state index contributed by atoms with van der Waals surface area (Å²) in [6.07, 6.45) is 16.5. The summed E-state index contributed by atoms with van der Waals surface area (Å²) >= 11 is 0. The predicted molar refractivity (Wildman–Crippen MR) is 90.5 cm³/mol. The second-order valence-corrected chi connectivity index (χ2v) is 8.71. The highest BCUT2D eigenvalue weighted by Gasteiger charge is 2.60. The molecule has 0 radical (unpaired) electrons. The molecule has 2 heteroatoms. The molecule has 0 aromatic heterocycles. The maximum absolute atomic E-state index is 11.9. The summed E-state index contributed by atoms with van der Waals surface area (Å²) in [4.78, 5) is 11.9. The smallest absolute Gasteiger partial charge is 0.155 e. The van der Waals surface area contributed by atoms with E-state index in [4.69, 9.17) is 6.42 Å². The van der Waals surface area contributed by atoms with Gasteiger partial charge in [0.25, 0.3) is 0 Å². The van der Waals surface area contributed by atoms with Crippen molar-refractivity contribution in [3.63, 3.8) is 0 Å². The normalized spacial score (nSPS) is 48.7. The van der Waals surface area contributed by atoms with Crippen LogP contribution in [0.15, 0.2) is 11.6 Å². The molecular weight excluding hydrogens is 284 g/mol. The minimum Gasteiger partial charge on any atom is -0.393 e. The fourth-order valence-electron chi connectivity index (χ4n) is 6.87. The lowest BCUT2D eigenvalue weighted by atomic mass is 9.46. The number of hydrogen-bond donors (Lipinski definition) is 1. The summed E-state index contributed by atoms with van der Waals surface area (Å²) in [5.41, 5.74) is 1.61. The maximum atomic E-state index is 11.9. The van der Waals surface area contributed by atoms with Crippen LogP contribution in [0, 0.1) is 40.9 Å². The molecule has 3 fully saturated rings. The Balaban J connectivity index is 1.69. The standard InChI is InChI=1S/C21H28O2/c1-3-10-21-12-9-17-16(18(21)6-7-19(21)23)5-4-14-13-15(22)8-11-20(14,17)2/h1,13,16-19,23H,4-12H2,2H3/t16-,17+,18+,19+,20+,21+/m1/s1. The van der Waals surface area contributed by atoms with Gasteiger partial charge in [-0.25, -0.2) is 0 Å². The van der Waals surface area contributed by atoms with Crippen LogP contribution in [-0.2, 0) is 4.79 Å². The SMILES string of the molecule is C#CC[C@]12CC[C@H]3[C@@H](CCC4=CC(=O)CC[C@@]43C)[C@@H]1CC[C@@H]2O. The average molecular weight is 312 g/mol. The number of ketones is 1. The van der Waals surface area contributed by atoms with Crippen molar-refractivity contribution in [1.82, 2.24) is 0 Å². The largest absolute Gasteiger partial charge is 0.393 e. The Morgan fingerprint density at radius 2 is 2.04 bits per heavy atom. The number of aliphatic hydroxyl groups is 1. The van der Waals surface area contributed by atoms with Gasteiger partial charge in [-0.15, -0.1) is 12.3 Å². The zero-order chi connectivity index (χ0) is 16.2. The lowest BCUT2D eigenvalue weighted by Gasteiger charge is -2.58. The molecule has 3 saturated carbocycles. The van der Waals surface area contributed by atoms with E-state index in [1.165, 1.54) is 18.4 Å². The molecule has 4 rings (SSSR count). The van der Waals surface area contributed by atoms with Crippen molar-refractivity contribution in [1.29, 1.82) is 0 Å². The van der Waals surface area contributed by atoms with Gasteiger partial charge in [0.05, 0.1) is 6.10 Å². The van der Waals surface area contributed by atoms with Crippen LogP contribution in [0.4, 0.5) is 0 Å². The molecule has 4 aliphatic rings. The van der Waals surface area contributed by atoms with Gasteiger partial charge < -0.3 is 5.11 Å². The predicted octanol–water partition coefficient (Wildman–Crippen LogP) is 3.88. The van der Waals surface area contributed by atoms with Crippen LogP contribution in [0.2, 0.25) is 0 Å². The summed E-state index contributed by atoms with van der Waals surface area (Å²) in [6, 6.07) is 0. The molecule has 0 unspecified atom stereocenters. The van der Waals surface area contributed by atoms with Crippen LogP contribution >= 0.6 is 0 Å². The Bertz CT molecular complexity index is 597. The van der Waals surface area contributed by atoms with Gasteiger partial charge in [-0.2, -0.15) is 0 Å². The van der Waals surface area contributed by atoms with Crippen LogP contribution in [0.5, 0.6) is 0 Å². The van der Waals surface area contributed by atoms with Crippen molar-refractivity contribution in [3.05, 3.63) is 11.6 Å². The van der Waals surface area contributed by atoms with Crippen LogP contribution in [0.1, 0.15) is 64.7 Å². The molecule has 0 saturated heterocycles. The second-order valence-electron chi connectivity index (χ2n) is 8.71. The molecule has 23 heavy (non-hydrogen) atoms. The quantitative estimate of drug-likeness (QED) is 0.746. The molecule has 0 amide bonds. The molecule has 1 N–H and O–H groups in total. The third kappa shape index (κ3) is 2.02. The topological polar surface area (TPSA) is 37.3 Å². The van der Waals surface area contributed by atoms with Crippen molar-refractivity contribution in [2.24, 2.45) is 28.6 Å². The highest BCUT2D eigenvalue weighted by atomic mass is 16.3. The first-order chi connectivity index (χ1) is 11.0. The lowest BCUT2D eigenvalue weighted by molar-refractivity contribution is -0.118. The van der Waals surface area contributed by atoms with Crippen LogP contribution in [-0.4, -0.2) is 17.0 Å². The lowest BCUT2D eigenvalue weighted by Crippen LogP contribution is -2.52. The van der Waals surface area contributed by atoms with Gasteiger partial charge in [-0.05, 0) is 74.2 Å². The first-order valence-electron chi connectivity index (χ1n) is 9.37. The minimum atomic E-state index is -0.206. The third-order valence-electron chi connectivity index (χ3n) is 8.06. The number of hydrogen-bond acceptors (Lipinski definition) is 2. The number of fused-ring (bicyclic) bond motifs is 5. The number of aliphatic hydroxyl groups excluding tert-OH is 1. The Morgan fingerprint density at radius 1 is 1.22 bits per heavy atom. The van der Waals surface area contributed by atoms with Gasteiger partial charge in [0, 0.05) is 18.3 Å². The van der Waals surface area contributed by atoms with Gasteiger partial charge >= 0.3 is 0 Å². The van der Waals surface area contributed by atoms with Gasteiger partial charge in [0.15, 0.2) is 5.78 Å². The van der Waals surface area contributed by atoms with Gasteiger partial charge in [0.1, 0.15) is 0 Å². The highest BCUT2D eigenvalue weighted by Crippen LogP contribution is 2.66. The first kappa shape index (κ1) is 15.5. The molecule has 0 aromatic carbocycles. The van der Waals surface area contributed by atoms with Crippen molar-refractivity contribution in [2.75, 3.05) is 0 Å². The van der Waals surface area contributed by atoms with Crippen molar-refractivity contribution in [2.45, 2.75) is 70.8 Å². The van der Waals surface area contributed by atoms with Crippen molar-refractivity contribution < 1.29 is 9.90 Å². The number of allylic oxidation sites excluding steroid dienone is 1. The molecule has 2 nitrogen and oxygen atoms in total. The Kier molecular flexibility index (Phi) is 3.50. The maximum Gasteiger partial charge on any atom is 0.155 e. The summed E-state index contributed by atoms with van der Waals surface area (Å²) in [5.74, 6) is 5.15. The molecule has 0 spiro atoms. The van der Waals surface area contributed by atoms with E-state index in [-0.39, 0.29) is 16.9 Å². The number of carbonyl (C=O) groups is 1. The third-order valence-corrected chi connectivity index (χ3v) is 8.06. The Labute approximate surface area is 139 Å². The molecule has 124 valence electrons. The molecular formula is C21H28O2. The van der Waals surface area contributed by atoms with Crippen molar-refractivity contribution >= 4 is 5.78 Å². The average Bonchev–Trinajstić information content (AvgIpc) is 2.86. The van der Waals surface area contributed by atoms with E-state index in [2.05, 4.69) is 12.8 Å². The number of rotatable bonds is 1. The zero-order valence-corrected chi connectivity index (χ0v) is 14.2. The molecule has 4 aliphatic carbocycles. The second kappa shape index (κ2) is 5.21. The van der Waals surface area contributed by atoms with Gasteiger partial charge in [-0.3, -0.25) is 4.79 Å². The Morgan fingerprint density at radius 3 is 2.83 bits per heavy atom. The summed E-state index contributed by atoms with van der Waals surface area (Å²) in [7, 11) is 0. The van der Waals surface area contributed by atoms with Crippen LogP contribution < -0.4 is 0 Å². The molecule has 6 atom stereocenters. The number of terminal acetylenes is 1. The van der Waals surface area contributed by atoms with E-state index >= 15 is 0 Å². The summed E-state index contributed by atoms with van der Waals surface area (Å²) in [6.45, 7) is 2.40. The molecule has 0 aliphatic heterocycles. The van der Waals surface area contributed by atoms with Gasteiger partial charge in [-0.1, -0.05) is 12.5 Å². The van der Waals surface area contributed by atoms with E-state index in [9.17, 15) is 9.90 Å². The van der Waals surface area contributed by atoms with E-state index in [1.54, 1.807) is 0 Å². The van der Waals surface area contributed by atoms with Crippen LogP contribution in [0.3, 0.4) is 0 Å². The Hall–Kier alpha value is -1.07. The van der Waals surface area contributed by atoms with Crippen molar-refractivity contribution in [3.8, 4) is 12.3 Å². The molecule has 0 bridgehead atoms. The van der Waals surface area contributed by atoms with E-state index in [0.717, 1.165) is 38.5 Å². The zero-order valence-electron chi connectivity index (χ0n) is 14.2. The van der Waals surface area contributed by atoms with E-state index in [1.807, 2.05) is 6.08 Å². The molecule has 0 heterocycles. The summed E-state index contributed by atoms with van der Waals surface area (Å²) in [5, 5.41) is 10.7. The number of carbonyl (C=O) groups excluding carboxylic acids is 1. The van der Waals surface area contributed by atoms with E-state index in [0.29, 0.717) is 30.0 Å². The monoisotopic (exact) mass is 312 g/mol. The minimum absolute atomic E-state index is 0.0159. The van der Waals surface area contributed by atoms with E-state index < -0.39 is 0 Å². The molecule has 0 aromatic rings. The first-order valence-corrected chi connectivity index (χ1v) is 9.37.